The zero-order valence-corrected chi connectivity index (χ0v) is 22.7. The van der Waals surface area contributed by atoms with Gasteiger partial charge in [0.05, 0.1) is 18.2 Å². The molecule has 1 atom stereocenters. The van der Waals surface area contributed by atoms with Gasteiger partial charge in [0.1, 0.15) is 11.4 Å². The number of ether oxygens (including phenoxy) is 1. The molecule has 37 heavy (non-hydrogen) atoms. The number of fused-ring (bicyclic) bond motifs is 2. The molecule has 0 saturated heterocycles. The number of H-pyrrole nitrogens is 1. The predicted octanol–water partition coefficient (Wildman–Crippen LogP) is 7.45. The SMILES string of the molecule is CCCN(CCCC1(c2ccc(F)cc2)OCc2cc(C#N)ccc21)CCc1c[nH]c2ccc(Br)cc12. The van der Waals surface area contributed by atoms with E-state index in [9.17, 15) is 9.65 Å². The van der Waals surface area contributed by atoms with E-state index in [0.717, 1.165) is 72.0 Å². The van der Waals surface area contributed by atoms with Gasteiger partial charge in [-0.3, -0.25) is 0 Å². The summed E-state index contributed by atoms with van der Waals surface area (Å²) in [6, 6.07) is 21.1. The van der Waals surface area contributed by atoms with Gasteiger partial charge < -0.3 is 14.6 Å². The van der Waals surface area contributed by atoms with E-state index >= 15 is 0 Å². The van der Waals surface area contributed by atoms with Crippen LogP contribution in [0.2, 0.25) is 0 Å². The molecule has 0 fully saturated rings. The minimum Gasteiger partial charge on any atom is -0.361 e. The van der Waals surface area contributed by atoms with Gasteiger partial charge in [-0.2, -0.15) is 5.26 Å². The third kappa shape index (κ3) is 5.36. The Bertz CT molecular complexity index is 1420. The summed E-state index contributed by atoms with van der Waals surface area (Å²) in [5, 5.41) is 10.6. The summed E-state index contributed by atoms with van der Waals surface area (Å²) in [6.45, 7) is 5.66. The first-order chi connectivity index (χ1) is 18.0. The number of hydrogen-bond acceptors (Lipinski definition) is 3. The minimum absolute atomic E-state index is 0.254. The van der Waals surface area contributed by atoms with E-state index in [1.54, 1.807) is 0 Å². The molecule has 190 valence electrons. The summed E-state index contributed by atoms with van der Waals surface area (Å²) < 4.78 is 21.4. The maximum Gasteiger partial charge on any atom is 0.123 e. The number of rotatable bonds is 10. The average Bonchev–Trinajstić information content (AvgIpc) is 3.48. The van der Waals surface area contributed by atoms with Gasteiger partial charge in [0, 0.05) is 28.1 Å². The molecule has 0 amide bonds. The summed E-state index contributed by atoms with van der Waals surface area (Å²) in [5.74, 6) is -0.254. The van der Waals surface area contributed by atoms with Gasteiger partial charge in [-0.25, -0.2) is 4.39 Å². The lowest BCUT2D eigenvalue weighted by Crippen LogP contribution is -2.32. The minimum atomic E-state index is -0.627. The fraction of sp³-hybridized carbons (Fsp3) is 0.323. The van der Waals surface area contributed by atoms with Crippen molar-refractivity contribution in [3.63, 3.8) is 0 Å². The lowest BCUT2D eigenvalue weighted by atomic mass is 9.81. The molecule has 1 unspecified atom stereocenters. The molecule has 0 aliphatic carbocycles. The van der Waals surface area contributed by atoms with E-state index in [-0.39, 0.29) is 5.82 Å². The van der Waals surface area contributed by atoms with Crippen molar-refractivity contribution in [2.75, 3.05) is 19.6 Å². The number of halogens is 2. The molecular weight excluding hydrogens is 529 g/mol. The van der Waals surface area contributed by atoms with Gasteiger partial charge in [-0.15, -0.1) is 0 Å². The van der Waals surface area contributed by atoms with Gasteiger partial charge in [0.25, 0.3) is 0 Å². The lowest BCUT2D eigenvalue weighted by molar-refractivity contribution is -0.0146. The normalized spacial score (nSPS) is 16.8. The Morgan fingerprint density at radius 3 is 2.70 bits per heavy atom. The molecule has 0 radical (unpaired) electrons. The number of aromatic amines is 1. The van der Waals surface area contributed by atoms with E-state index in [1.165, 1.54) is 23.1 Å². The topological polar surface area (TPSA) is 52.0 Å². The van der Waals surface area contributed by atoms with Crippen molar-refractivity contribution < 1.29 is 9.13 Å². The molecule has 1 aliphatic rings. The molecule has 4 aromatic rings. The summed E-state index contributed by atoms with van der Waals surface area (Å²) in [5.41, 5.74) is 5.60. The fourth-order valence-electron chi connectivity index (χ4n) is 5.60. The Morgan fingerprint density at radius 2 is 1.92 bits per heavy atom. The molecule has 0 saturated carbocycles. The number of hydrogen-bond donors (Lipinski definition) is 1. The lowest BCUT2D eigenvalue weighted by Gasteiger charge is -2.32. The molecule has 5 rings (SSSR count). The Hall–Kier alpha value is -2.98. The monoisotopic (exact) mass is 559 g/mol. The highest BCUT2D eigenvalue weighted by Gasteiger charge is 2.41. The van der Waals surface area contributed by atoms with Gasteiger partial charge in [0.15, 0.2) is 0 Å². The smallest absolute Gasteiger partial charge is 0.123 e. The molecule has 6 heteroatoms. The number of nitrogens with zero attached hydrogens (tertiary/aromatic N) is 2. The molecule has 3 aromatic carbocycles. The van der Waals surface area contributed by atoms with Crippen LogP contribution < -0.4 is 0 Å². The largest absolute Gasteiger partial charge is 0.361 e. The molecule has 2 heterocycles. The van der Waals surface area contributed by atoms with Crippen LogP contribution in [0, 0.1) is 17.1 Å². The molecule has 0 bridgehead atoms. The van der Waals surface area contributed by atoms with Crippen LogP contribution in [0.25, 0.3) is 10.9 Å². The van der Waals surface area contributed by atoms with Crippen molar-refractivity contribution in [1.29, 1.82) is 5.26 Å². The van der Waals surface area contributed by atoms with E-state index in [2.05, 4.69) is 63.2 Å². The number of nitriles is 1. The van der Waals surface area contributed by atoms with Crippen LogP contribution in [-0.4, -0.2) is 29.5 Å². The van der Waals surface area contributed by atoms with Gasteiger partial charge in [0.2, 0.25) is 0 Å². The Labute approximate surface area is 226 Å². The van der Waals surface area contributed by atoms with E-state index in [1.807, 2.05) is 30.3 Å². The third-order valence-electron chi connectivity index (χ3n) is 7.42. The molecular formula is C31H31BrFN3O. The Kier molecular flexibility index (Phi) is 7.76. The standard InChI is InChI=1S/C31H31BrFN3O/c1-2-14-36(16-12-23-20-35-30-11-7-26(32)18-28(23)30)15-3-13-31(25-5-8-27(33)9-6-25)29-10-4-22(19-34)17-24(29)21-37-31/h4-11,17-18,20,35H,2-3,12-16,21H2,1H3. The van der Waals surface area contributed by atoms with Crippen LogP contribution in [-0.2, 0) is 23.4 Å². The number of aromatic nitrogens is 1. The van der Waals surface area contributed by atoms with Crippen LogP contribution in [0.3, 0.4) is 0 Å². The van der Waals surface area contributed by atoms with Crippen LogP contribution in [0.1, 0.15) is 54.0 Å². The van der Waals surface area contributed by atoms with Crippen LogP contribution >= 0.6 is 15.9 Å². The Morgan fingerprint density at radius 1 is 1.08 bits per heavy atom. The maximum absolute atomic E-state index is 13.8. The van der Waals surface area contributed by atoms with Crippen LogP contribution in [0.15, 0.2) is 71.3 Å². The molecule has 1 aliphatic heterocycles. The second-order valence-corrected chi connectivity index (χ2v) is 10.7. The first-order valence-corrected chi connectivity index (χ1v) is 13.7. The zero-order chi connectivity index (χ0) is 25.8. The van der Waals surface area contributed by atoms with E-state index < -0.39 is 5.60 Å². The molecule has 1 aromatic heterocycles. The number of benzene rings is 3. The predicted molar refractivity (Wildman–Crippen MR) is 149 cm³/mol. The average molecular weight is 561 g/mol. The zero-order valence-electron chi connectivity index (χ0n) is 21.1. The van der Waals surface area contributed by atoms with Crippen molar-refractivity contribution in [3.8, 4) is 6.07 Å². The first kappa shape index (κ1) is 25.7. The third-order valence-corrected chi connectivity index (χ3v) is 7.92. The van der Waals surface area contributed by atoms with E-state index in [4.69, 9.17) is 4.74 Å². The highest BCUT2D eigenvalue weighted by atomic mass is 79.9. The van der Waals surface area contributed by atoms with E-state index in [0.29, 0.717) is 12.2 Å². The highest BCUT2D eigenvalue weighted by Crippen LogP contribution is 2.45. The van der Waals surface area contributed by atoms with Crippen LogP contribution in [0.5, 0.6) is 0 Å². The second kappa shape index (κ2) is 11.2. The van der Waals surface area contributed by atoms with Gasteiger partial charge in [-0.1, -0.05) is 41.1 Å². The molecule has 4 nitrogen and oxygen atoms in total. The summed E-state index contributed by atoms with van der Waals surface area (Å²) in [7, 11) is 0. The fourth-order valence-corrected chi connectivity index (χ4v) is 5.96. The highest BCUT2D eigenvalue weighted by molar-refractivity contribution is 9.10. The quantitative estimate of drug-likeness (QED) is 0.219. The molecule has 0 spiro atoms. The van der Waals surface area contributed by atoms with Crippen molar-refractivity contribution in [3.05, 3.63) is 105 Å². The summed E-state index contributed by atoms with van der Waals surface area (Å²) in [6.07, 6.45) is 5.94. The number of nitrogens with one attached hydrogen (secondary N) is 1. The summed E-state index contributed by atoms with van der Waals surface area (Å²) in [4.78, 5) is 5.92. The second-order valence-electron chi connectivity index (χ2n) is 9.81. The maximum atomic E-state index is 13.8. The Balaban J connectivity index is 1.32. The van der Waals surface area contributed by atoms with Crippen molar-refractivity contribution in [2.45, 2.75) is 44.8 Å². The van der Waals surface area contributed by atoms with Crippen molar-refractivity contribution in [1.82, 2.24) is 9.88 Å². The van der Waals surface area contributed by atoms with Gasteiger partial charge in [-0.05, 0) is 103 Å². The summed E-state index contributed by atoms with van der Waals surface area (Å²) >= 11 is 3.60. The van der Waals surface area contributed by atoms with Crippen LogP contribution in [0.4, 0.5) is 4.39 Å². The first-order valence-electron chi connectivity index (χ1n) is 12.9. The van der Waals surface area contributed by atoms with Crippen molar-refractivity contribution >= 4 is 26.8 Å². The van der Waals surface area contributed by atoms with Crippen molar-refractivity contribution in [2.24, 2.45) is 0 Å². The van der Waals surface area contributed by atoms with Gasteiger partial charge >= 0.3 is 0 Å². The molecule has 1 N–H and O–H groups in total.